The first-order chi connectivity index (χ1) is 8.31. The van der Waals surface area contributed by atoms with Crippen molar-refractivity contribution in [3.63, 3.8) is 0 Å². The smallest absolute Gasteiger partial charge is 0.196 e. The Kier molecular flexibility index (Phi) is 2.78. The van der Waals surface area contributed by atoms with Gasteiger partial charge < -0.3 is 9.40 Å². The van der Waals surface area contributed by atoms with Crippen molar-refractivity contribution in [3.05, 3.63) is 46.4 Å². The fourth-order valence-corrected chi connectivity index (χ4v) is 2.34. The molecule has 0 aromatic carbocycles. The molecule has 3 heterocycles. The fourth-order valence-electron chi connectivity index (χ4n) is 2.16. The van der Waals surface area contributed by atoms with Gasteiger partial charge >= 0.3 is 0 Å². The standard InChI is InChI=1S/C12H13N3OS/c17-12-13-6-9-7-15(4-3-11(9)14-12)8-10-2-1-5-16-10/h1-2,5-6H,3-4,7-8H2,(H,13,14,17). The molecule has 0 amide bonds. The van der Waals surface area contributed by atoms with E-state index in [9.17, 15) is 0 Å². The molecule has 0 radical (unpaired) electrons. The molecule has 2 aromatic heterocycles. The molecule has 0 bridgehead atoms. The summed E-state index contributed by atoms with van der Waals surface area (Å²) in [6, 6.07) is 3.93. The van der Waals surface area contributed by atoms with Gasteiger partial charge in [-0.3, -0.25) is 4.90 Å². The average molecular weight is 247 g/mol. The van der Waals surface area contributed by atoms with Gasteiger partial charge in [-0.05, 0) is 24.4 Å². The molecule has 0 spiro atoms. The molecule has 5 heteroatoms. The topological polar surface area (TPSA) is 45.1 Å². The number of rotatable bonds is 2. The summed E-state index contributed by atoms with van der Waals surface area (Å²) in [6.07, 6.45) is 4.58. The Morgan fingerprint density at radius 2 is 2.47 bits per heavy atom. The number of furan rings is 1. The zero-order valence-electron chi connectivity index (χ0n) is 9.35. The zero-order chi connectivity index (χ0) is 11.7. The van der Waals surface area contributed by atoms with Crippen molar-refractivity contribution in [3.8, 4) is 0 Å². The van der Waals surface area contributed by atoms with Gasteiger partial charge in [0.05, 0.1) is 12.8 Å². The second-order valence-corrected chi connectivity index (χ2v) is 4.62. The molecule has 0 saturated carbocycles. The summed E-state index contributed by atoms with van der Waals surface area (Å²) in [5.41, 5.74) is 2.46. The lowest BCUT2D eigenvalue weighted by Crippen LogP contribution is -2.30. The fraction of sp³-hybridized carbons (Fsp3) is 0.333. The van der Waals surface area contributed by atoms with Crippen molar-refractivity contribution in [2.75, 3.05) is 6.54 Å². The Bertz CT molecular complexity index is 561. The van der Waals surface area contributed by atoms with E-state index in [-0.39, 0.29) is 0 Å². The van der Waals surface area contributed by atoms with E-state index in [1.165, 1.54) is 11.3 Å². The van der Waals surface area contributed by atoms with E-state index in [0.717, 1.165) is 31.8 Å². The maximum absolute atomic E-state index is 5.36. The van der Waals surface area contributed by atoms with Crippen LogP contribution in [0.4, 0.5) is 0 Å². The SMILES string of the molecule is S=c1ncc2c([nH]1)CCN(Cc1ccco1)C2. The van der Waals surface area contributed by atoms with Crippen LogP contribution in [0.1, 0.15) is 17.0 Å². The highest BCUT2D eigenvalue weighted by Gasteiger charge is 2.17. The van der Waals surface area contributed by atoms with Crippen molar-refractivity contribution in [2.24, 2.45) is 0 Å². The van der Waals surface area contributed by atoms with Crippen molar-refractivity contribution in [1.82, 2.24) is 14.9 Å². The van der Waals surface area contributed by atoms with Crippen LogP contribution in [0.5, 0.6) is 0 Å². The molecule has 0 unspecified atom stereocenters. The monoisotopic (exact) mass is 247 g/mol. The Hall–Kier alpha value is -1.46. The lowest BCUT2D eigenvalue weighted by Gasteiger charge is -2.27. The summed E-state index contributed by atoms with van der Waals surface area (Å²) in [4.78, 5) is 9.64. The second-order valence-electron chi connectivity index (χ2n) is 4.23. The van der Waals surface area contributed by atoms with Gasteiger partial charge in [0, 0.05) is 37.0 Å². The van der Waals surface area contributed by atoms with Crippen LogP contribution in [0.25, 0.3) is 0 Å². The summed E-state index contributed by atoms with van der Waals surface area (Å²) in [5.74, 6) is 1.00. The van der Waals surface area contributed by atoms with Crippen LogP contribution in [0, 0.1) is 4.77 Å². The molecule has 1 N–H and O–H groups in total. The Labute approximate surface area is 104 Å². The van der Waals surface area contributed by atoms with E-state index >= 15 is 0 Å². The zero-order valence-corrected chi connectivity index (χ0v) is 10.2. The molecule has 0 saturated heterocycles. The van der Waals surface area contributed by atoms with E-state index in [1.54, 1.807) is 6.26 Å². The number of nitrogens with one attached hydrogen (secondary N) is 1. The van der Waals surface area contributed by atoms with Gasteiger partial charge in [-0.15, -0.1) is 0 Å². The summed E-state index contributed by atoms with van der Waals surface area (Å²) >= 11 is 5.03. The van der Waals surface area contributed by atoms with Gasteiger partial charge in [-0.2, -0.15) is 0 Å². The third-order valence-electron chi connectivity index (χ3n) is 3.01. The lowest BCUT2D eigenvalue weighted by molar-refractivity contribution is 0.223. The van der Waals surface area contributed by atoms with Crippen LogP contribution >= 0.6 is 12.2 Å². The molecule has 3 rings (SSSR count). The van der Waals surface area contributed by atoms with Crippen LogP contribution in [-0.2, 0) is 19.5 Å². The molecular formula is C12H13N3OS. The minimum atomic E-state index is 0.572. The minimum absolute atomic E-state index is 0.572. The number of hydrogen-bond donors (Lipinski definition) is 1. The maximum Gasteiger partial charge on any atom is 0.196 e. The molecular weight excluding hydrogens is 234 g/mol. The van der Waals surface area contributed by atoms with Crippen molar-refractivity contribution < 1.29 is 4.42 Å². The summed E-state index contributed by atoms with van der Waals surface area (Å²) in [7, 11) is 0. The van der Waals surface area contributed by atoms with E-state index in [0.29, 0.717) is 4.77 Å². The third kappa shape index (κ3) is 2.30. The van der Waals surface area contributed by atoms with Gasteiger partial charge in [0.15, 0.2) is 4.77 Å². The van der Waals surface area contributed by atoms with Crippen LogP contribution in [0.15, 0.2) is 29.0 Å². The van der Waals surface area contributed by atoms with Crippen LogP contribution in [0.2, 0.25) is 0 Å². The lowest BCUT2D eigenvalue weighted by atomic mass is 10.1. The number of fused-ring (bicyclic) bond motifs is 1. The number of aromatic amines is 1. The highest BCUT2D eigenvalue weighted by molar-refractivity contribution is 7.71. The second kappa shape index (κ2) is 4.43. The van der Waals surface area contributed by atoms with Crippen LogP contribution in [-0.4, -0.2) is 21.4 Å². The number of nitrogens with zero attached hydrogens (tertiary/aromatic N) is 2. The normalized spacial score (nSPS) is 15.8. The van der Waals surface area contributed by atoms with Crippen LogP contribution < -0.4 is 0 Å². The predicted molar refractivity (Wildman–Crippen MR) is 65.9 cm³/mol. The number of hydrogen-bond acceptors (Lipinski definition) is 4. The first-order valence-electron chi connectivity index (χ1n) is 5.63. The van der Waals surface area contributed by atoms with E-state index in [2.05, 4.69) is 14.9 Å². The summed E-state index contributed by atoms with van der Waals surface area (Å²) in [5, 5.41) is 0. The average Bonchev–Trinajstić information content (AvgIpc) is 2.82. The highest BCUT2D eigenvalue weighted by Crippen LogP contribution is 2.18. The van der Waals surface area contributed by atoms with E-state index in [4.69, 9.17) is 16.6 Å². The van der Waals surface area contributed by atoms with Crippen molar-refractivity contribution in [1.29, 1.82) is 0 Å². The molecule has 17 heavy (non-hydrogen) atoms. The Morgan fingerprint density at radius 3 is 3.29 bits per heavy atom. The number of H-pyrrole nitrogens is 1. The molecule has 88 valence electrons. The van der Waals surface area contributed by atoms with Crippen molar-refractivity contribution >= 4 is 12.2 Å². The number of aromatic nitrogens is 2. The van der Waals surface area contributed by atoms with Crippen LogP contribution in [0.3, 0.4) is 0 Å². The highest BCUT2D eigenvalue weighted by atomic mass is 32.1. The predicted octanol–water partition coefficient (Wildman–Crippen LogP) is 2.29. The molecule has 2 aromatic rings. The third-order valence-corrected chi connectivity index (χ3v) is 3.22. The first kappa shape index (κ1) is 10.7. The Balaban J connectivity index is 1.76. The van der Waals surface area contributed by atoms with E-state index < -0.39 is 0 Å². The molecule has 1 aliphatic rings. The molecule has 1 aliphatic heterocycles. The Morgan fingerprint density at radius 1 is 1.53 bits per heavy atom. The molecule has 0 aliphatic carbocycles. The molecule has 4 nitrogen and oxygen atoms in total. The van der Waals surface area contributed by atoms with Gasteiger partial charge in [0.25, 0.3) is 0 Å². The summed E-state index contributed by atoms with van der Waals surface area (Å²) in [6.45, 7) is 2.76. The van der Waals surface area contributed by atoms with Gasteiger partial charge in [0.1, 0.15) is 5.76 Å². The van der Waals surface area contributed by atoms with Gasteiger partial charge in [-0.25, -0.2) is 4.98 Å². The van der Waals surface area contributed by atoms with Gasteiger partial charge in [0.2, 0.25) is 0 Å². The quantitative estimate of drug-likeness (QED) is 0.827. The summed E-state index contributed by atoms with van der Waals surface area (Å²) < 4.78 is 5.93. The van der Waals surface area contributed by atoms with E-state index in [1.807, 2.05) is 18.3 Å². The molecule has 0 atom stereocenters. The maximum atomic E-state index is 5.36. The first-order valence-corrected chi connectivity index (χ1v) is 6.04. The van der Waals surface area contributed by atoms with Gasteiger partial charge in [-0.1, -0.05) is 0 Å². The van der Waals surface area contributed by atoms with Crippen molar-refractivity contribution in [2.45, 2.75) is 19.5 Å². The largest absolute Gasteiger partial charge is 0.468 e. The minimum Gasteiger partial charge on any atom is -0.468 e. The molecule has 0 fully saturated rings.